The first kappa shape index (κ1) is 21.1. The highest BCUT2D eigenvalue weighted by atomic mass is 32.1. The second kappa shape index (κ2) is 7.83. The van der Waals surface area contributed by atoms with Gasteiger partial charge in [-0.3, -0.25) is 0 Å². The molecule has 3 heterocycles. The van der Waals surface area contributed by atoms with Crippen LogP contribution in [0.15, 0.2) is 133 Å². The van der Waals surface area contributed by atoms with Crippen molar-refractivity contribution in [3.05, 3.63) is 133 Å². The van der Waals surface area contributed by atoms with Gasteiger partial charge in [0.05, 0.1) is 26.8 Å². The zero-order chi connectivity index (χ0) is 25.5. The first-order valence-corrected chi connectivity index (χ1v) is 14.1. The minimum Gasteiger partial charge on any atom is -0.309 e. The number of hydrogen-bond acceptors (Lipinski definition) is 1. The molecular formula is C36H22N2S. The lowest BCUT2D eigenvalue weighted by Gasteiger charge is -2.10. The van der Waals surface area contributed by atoms with Gasteiger partial charge in [-0.15, -0.1) is 11.3 Å². The largest absolute Gasteiger partial charge is 0.309 e. The summed E-state index contributed by atoms with van der Waals surface area (Å²) in [6.45, 7) is 0. The molecule has 9 rings (SSSR count). The summed E-state index contributed by atoms with van der Waals surface area (Å²) >= 11 is 1.90. The molecule has 39 heavy (non-hydrogen) atoms. The van der Waals surface area contributed by atoms with Crippen LogP contribution in [0.1, 0.15) is 0 Å². The van der Waals surface area contributed by atoms with Gasteiger partial charge in [0, 0.05) is 37.6 Å². The summed E-state index contributed by atoms with van der Waals surface area (Å²) in [6, 6.07) is 48.6. The molecule has 0 atom stereocenters. The van der Waals surface area contributed by atoms with E-state index in [2.05, 4.69) is 143 Å². The summed E-state index contributed by atoms with van der Waals surface area (Å²) in [5.41, 5.74) is 7.43. The average Bonchev–Trinajstić information content (AvgIpc) is 3.63. The topological polar surface area (TPSA) is 9.86 Å². The summed E-state index contributed by atoms with van der Waals surface area (Å²) in [4.78, 5) is 0. The van der Waals surface area contributed by atoms with Crippen LogP contribution >= 0.6 is 11.3 Å². The van der Waals surface area contributed by atoms with Crippen molar-refractivity contribution in [1.82, 2.24) is 9.13 Å². The molecule has 0 spiro atoms. The molecule has 2 nitrogen and oxygen atoms in total. The highest BCUT2D eigenvalue weighted by Crippen LogP contribution is 2.45. The van der Waals surface area contributed by atoms with Crippen LogP contribution in [0.4, 0.5) is 0 Å². The second-order valence-electron chi connectivity index (χ2n) is 10.2. The number of fused-ring (bicyclic) bond motifs is 9. The molecule has 6 aromatic carbocycles. The number of aromatic nitrogens is 2. The number of thiophene rings is 1. The van der Waals surface area contributed by atoms with E-state index in [1.807, 2.05) is 11.3 Å². The Kier molecular flexibility index (Phi) is 4.24. The molecule has 182 valence electrons. The quantitative estimate of drug-likeness (QED) is 0.217. The van der Waals surface area contributed by atoms with E-state index in [-0.39, 0.29) is 0 Å². The maximum Gasteiger partial charge on any atom is 0.0727 e. The van der Waals surface area contributed by atoms with Crippen molar-refractivity contribution in [3.63, 3.8) is 0 Å². The number of benzene rings is 6. The fourth-order valence-corrected chi connectivity index (χ4v) is 7.61. The summed E-state index contributed by atoms with van der Waals surface area (Å²) in [5, 5.41) is 7.71. The molecule has 0 saturated carbocycles. The number of para-hydroxylation sites is 3. The highest BCUT2D eigenvalue weighted by molar-refractivity contribution is 7.26. The molecule has 0 aliphatic carbocycles. The fraction of sp³-hybridized carbons (Fsp3) is 0. The minimum atomic E-state index is 1.19. The van der Waals surface area contributed by atoms with Crippen molar-refractivity contribution in [2.75, 3.05) is 0 Å². The normalized spacial score (nSPS) is 12.1. The molecule has 0 fully saturated rings. The van der Waals surface area contributed by atoms with Crippen LogP contribution in [0.3, 0.4) is 0 Å². The third-order valence-corrected chi connectivity index (χ3v) is 9.25. The molecule has 0 N–H and O–H groups in total. The Labute approximate surface area is 228 Å². The van der Waals surface area contributed by atoms with E-state index >= 15 is 0 Å². The van der Waals surface area contributed by atoms with E-state index < -0.39 is 0 Å². The van der Waals surface area contributed by atoms with Gasteiger partial charge >= 0.3 is 0 Å². The molecule has 0 unspecified atom stereocenters. The van der Waals surface area contributed by atoms with Gasteiger partial charge in [-0.2, -0.15) is 0 Å². The summed E-state index contributed by atoms with van der Waals surface area (Å²) in [7, 11) is 0. The van der Waals surface area contributed by atoms with Gasteiger partial charge in [0.1, 0.15) is 0 Å². The minimum absolute atomic E-state index is 1.19. The van der Waals surface area contributed by atoms with Gasteiger partial charge in [-0.25, -0.2) is 0 Å². The summed E-state index contributed by atoms with van der Waals surface area (Å²) in [5.74, 6) is 0. The Morgan fingerprint density at radius 2 is 1.10 bits per heavy atom. The second-order valence-corrected chi connectivity index (χ2v) is 11.3. The van der Waals surface area contributed by atoms with Crippen molar-refractivity contribution in [2.24, 2.45) is 0 Å². The van der Waals surface area contributed by atoms with Gasteiger partial charge in [-0.05, 0) is 59.3 Å². The van der Waals surface area contributed by atoms with Gasteiger partial charge in [0.15, 0.2) is 0 Å². The lowest BCUT2D eigenvalue weighted by Crippen LogP contribution is -1.94. The van der Waals surface area contributed by atoms with Gasteiger partial charge in [-0.1, -0.05) is 84.9 Å². The van der Waals surface area contributed by atoms with Crippen molar-refractivity contribution in [3.8, 4) is 11.4 Å². The van der Waals surface area contributed by atoms with E-state index in [4.69, 9.17) is 0 Å². The number of hydrogen-bond donors (Lipinski definition) is 0. The molecule has 0 amide bonds. The van der Waals surface area contributed by atoms with Crippen LogP contribution in [0, 0.1) is 0 Å². The van der Waals surface area contributed by atoms with Crippen LogP contribution < -0.4 is 0 Å². The molecule has 3 aromatic heterocycles. The fourth-order valence-electron chi connectivity index (χ4n) is 6.37. The van der Waals surface area contributed by atoms with Gasteiger partial charge in [0.25, 0.3) is 0 Å². The Balaban J connectivity index is 1.43. The third kappa shape index (κ3) is 2.91. The highest BCUT2D eigenvalue weighted by Gasteiger charge is 2.20. The van der Waals surface area contributed by atoms with Crippen LogP contribution in [0.5, 0.6) is 0 Å². The van der Waals surface area contributed by atoms with E-state index in [1.165, 1.54) is 75.2 Å². The first-order valence-electron chi connectivity index (χ1n) is 13.3. The molecule has 0 radical (unpaired) electrons. The molecule has 3 heteroatoms. The zero-order valence-electron chi connectivity index (χ0n) is 21.0. The van der Waals surface area contributed by atoms with E-state index in [0.29, 0.717) is 0 Å². The SMILES string of the molecule is c1ccc(-n2c3ccccc3c3sc4cc5c(cc4c32)c2ccccc2n5-c2ccc3ccccc3c2)cc1. The number of rotatable bonds is 2. The van der Waals surface area contributed by atoms with Crippen molar-refractivity contribution >= 4 is 75.1 Å². The number of nitrogens with zero attached hydrogens (tertiary/aromatic N) is 2. The zero-order valence-corrected chi connectivity index (χ0v) is 21.8. The monoisotopic (exact) mass is 514 g/mol. The summed E-state index contributed by atoms with van der Waals surface area (Å²) in [6.07, 6.45) is 0. The van der Waals surface area contributed by atoms with E-state index in [0.717, 1.165) is 0 Å². The van der Waals surface area contributed by atoms with Crippen molar-refractivity contribution in [2.45, 2.75) is 0 Å². The Morgan fingerprint density at radius 3 is 1.95 bits per heavy atom. The van der Waals surface area contributed by atoms with Crippen molar-refractivity contribution in [1.29, 1.82) is 0 Å². The molecule has 9 aromatic rings. The van der Waals surface area contributed by atoms with Crippen LogP contribution in [-0.4, -0.2) is 9.13 Å². The Bertz CT molecular complexity index is 2390. The summed E-state index contributed by atoms with van der Waals surface area (Å²) < 4.78 is 7.54. The Hall–Kier alpha value is -4.86. The van der Waals surface area contributed by atoms with Gasteiger partial charge in [0.2, 0.25) is 0 Å². The lowest BCUT2D eigenvalue weighted by atomic mass is 10.1. The standard InChI is InChI=1S/C36H22N2S/c1-2-12-25(13-3-1)38-32-17-9-7-15-28(32)36-35(38)30-21-29-27-14-6-8-16-31(27)37(33(29)22-34(30)39-36)26-19-18-23-10-4-5-11-24(23)20-26/h1-22H. The lowest BCUT2D eigenvalue weighted by molar-refractivity contribution is 1.19. The third-order valence-electron chi connectivity index (χ3n) is 8.07. The van der Waals surface area contributed by atoms with E-state index in [9.17, 15) is 0 Å². The van der Waals surface area contributed by atoms with Crippen LogP contribution in [-0.2, 0) is 0 Å². The Morgan fingerprint density at radius 1 is 0.410 bits per heavy atom. The predicted molar refractivity (Wildman–Crippen MR) is 168 cm³/mol. The molecular weight excluding hydrogens is 492 g/mol. The first-order chi connectivity index (χ1) is 19.3. The predicted octanol–water partition coefficient (Wildman–Crippen LogP) is 10.2. The van der Waals surface area contributed by atoms with Crippen molar-refractivity contribution < 1.29 is 0 Å². The molecule has 0 aliphatic rings. The smallest absolute Gasteiger partial charge is 0.0727 e. The van der Waals surface area contributed by atoms with Crippen LogP contribution in [0.2, 0.25) is 0 Å². The van der Waals surface area contributed by atoms with Crippen LogP contribution in [0.25, 0.3) is 75.2 Å². The molecule has 0 bridgehead atoms. The maximum atomic E-state index is 2.44. The maximum absolute atomic E-state index is 2.44. The molecule has 0 saturated heterocycles. The van der Waals surface area contributed by atoms with E-state index in [1.54, 1.807) is 0 Å². The van der Waals surface area contributed by atoms with Gasteiger partial charge < -0.3 is 9.13 Å². The molecule has 0 aliphatic heterocycles. The average molecular weight is 515 g/mol.